The zero-order valence-electron chi connectivity index (χ0n) is 6.18. The van der Waals surface area contributed by atoms with Crippen LogP contribution in [0, 0.1) is 0 Å². The standard InChI is InChI=1S/C8H8F3N/c9-7(10)8(11)12-6-4-2-1-3-5-6/h1-5,7-8,12H. The second-order valence-corrected chi connectivity index (χ2v) is 2.25. The smallest absolute Gasteiger partial charge is 0.287 e. The minimum Gasteiger partial charge on any atom is -0.351 e. The molecule has 0 amide bonds. The summed E-state index contributed by atoms with van der Waals surface area (Å²) in [5.41, 5.74) is 0.352. The molecule has 0 heterocycles. The number of para-hydroxylation sites is 1. The zero-order valence-corrected chi connectivity index (χ0v) is 6.18. The topological polar surface area (TPSA) is 12.0 Å². The lowest BCUT2D eigenvalue weighted by atomic mass is 10.3. The molecule has 0 aliphatic rings. The molecule has 0 aromatic heterocycles. The van der Waals surface area contributed by atoms with E-state index in [9.17, 15) is 13.2 Å². The van der Waals surface area contributed by atoms with Gasteiger partial charge in [0.2, 0.25) is 6.30 Å². The number of anilines is 1. The first-order valence-electron chi connectivity index (χ1n) is 3.44. The van der Waals surface area contributed by atoms with Crippen LogP contribution in [0.1, 0.15) is 0 Å². The Morgan fingerprint density at radius 3 is 2.08 bits per heavy atom. The molecule has 1 rings (SSSR count). The van der Waals surface area contributed by atoms with E-state index < -0.39 is 12.7 Å². The van der Waals surface area contributed by atoms with Crippen molar-refractivity contribution in [2.45, 2.75) is 12.7 Å². The fourth-order valence-corrected chi connectivity index (χ4v) is 0.757. The van der Waals surface area contributed by atoms with E-state index in [2.05, 4.69) is 0 Å². The number of hydrogen-bond donors (Lipinski definition) is 1. The molecular weight excluding hydrogens is 167 g/mol. The highest BCUT2D eigenvalue weighted by Crippen LogP contribution is 2.11. The van der Waals surface area contributed by atoms with Gasteiger partial charge in [0, 0.05) is 5.69 Å². The molecule has 1 nitrogen and oxygen atoms in total. The SMILES string of the molecule is FC(F)C(F)Nc1ccccc1. The summed E-state index contributed by atoms with van der Waals surface area (Å²) in [5, 5.41) is 2.02. The summed E-state index contributed by atoms with van der Waals surface area (Å²) in [7, 11) is 0. The quantitative estimate of drug-likeness (QED) is 0.696. The molecule has 1 N–H and O–H groups in total. The average Bonchev–Trinajstić information content (AvgIpc) is 2.06. The Labute approximate surface area is 68.2 Å². The maximum Gasteiger partial charge on any atom is 0.287 e. The van der Waals surface area contributed by atoms with E-state index in [-0.39, 0.29) is 0 Å². The van der Waals surface area contributed by atoms with E-state index in [1.807, 2.05) is 5.32 Å². The van der Waals surface area contributed by atoms with Crippen LogP contribution >= 0.6 is 0 Å². The Morgan fingerprint density at radius 2 is 1.58 bits per heavy atom. The van der Waals surface area contributed by atoms with Gasteiger partial charge >= 0.3 is 0 Å². The highest BCUT2D eigenvalue weighted by molar-refractivity contribution is 5.42. The van der Waals surface area contributed by atoms with Crippen LogP contribution in [0.3, 0.4) is 0 Å². The molecule has 0 aliphatic carbocycles. The van der Waals surface area contributed by atoms with Crippen molar-refractivity contribution in [3.05, 3.63) is 30.3 Å². The van der Waals surface area contributed by atoms with Crippen LogP contribution in [0.5, 0.6) is 0 Å². The monoisotopic (exact) mass is 175 g/mol. The van der Waals surface area contributed by atoms with Gasteiger partial charge in [-0.3, -0.25) is 0 Å². The molecule has 0 fully saturated rings. The first-order chi connectivity index (χ1) is 5.70. The second kappa shape index (κ2) is 3.99. The van der Waals surface area contributed by atoms with Crippen LogP contribution in [0.15, 0.2) is 30.3 Å². The Balaban J connectivity index is 2.53. The molecule has 0 radical (unpaired) electrons. The van der Waals surface area contributed by atoms with Gasteiger partial charge in [0.15, 0.2) is 0 Å². The first-order valence-corrected chi connectivity index (χ1v) is 3.44. The summed E-state index contributed by atoms with van der Waals surface area (Å²) in [6.45, 7) is 0. The molecule has 0 saturated carbocycles. The van der Waals surface area contributed by atoms with Gasteiger partial charge in [0.1, 0.15) is 0 Å². The molecule has 0 spiro atoms. The molecule has 0 saturated heterocycles. The van der Waals surface area contributed by atoms with Crippen molar-refractivity contribution in [1.82, 2.24) is 0 Å². The number of alkyl halides is 3. The van der Waals surface area contributed by atoms with Crippen molar-refractivity contribution in [3.63, 3.8) is 0 Å². The van der Waals surface area contributed by atoms with Gasteiger partial charge in [-0.25, -0.2) is 13.2 Å². The number of hydrogen-bond acceptors (Lipinski definition) is 1. The Morgan fingerprint density at radius 1 is 1.00 bits per heavy atom. The fraction of sp³-hybridized carbons (Fsp3) is 0.250. The van der Waals surface area contributed by atoms with Crippen LogP contribution in [0.4, 0.5) is 18.9 Å². The summed E-state index contributed by atoms with van der Waals surface area (Å²) >= 11 is 0. The third-order valence-corrected chi connectivity index (χ3v) is 1.30. The predicted octanol–water partition coefficient (Wildman–Crippen LogP) is 2.66. The van der Waals surface area contributed by atoms with Crippen molar-refractivity contribution < 1.29 is 13.2 Å². The molecule has 0 bridgehead atoms. The number of halogens is 3. The van der Waals surface area contributed by atoms with Gasteiger partial charge in [-0.15, -0.1) is 0 Å². The summed E-state index contributed by atoms with van der Waals surface area (Å²) in [4.78, 5) is 0. The van der Waals surface area contributed by atoms with Crippen LogP contribution in [0.2, 0.25) is 0 Å². The van der Waals surface area contributed by atoms with E-state index in [1.165, 1.54) is 12.1 Å². The van der Waals surface area contributed by atoms with Crippen molar-refractivity contribution in [1.29, 1.82) is 0 Å². The number of rotatable bonds is 3. The average molecular weight is 175 g/mol. The van der Waals surface area contributed by atoms with Gasteiger partial charge in [-0.2, -0.15) is 0 Å². The summed E-state index contributed by atoms with van der Waals surface area (Å²) in [6, 6.07) is 8.05. The minimum absolute atomic E-state index is 0.352. The molecule has 12 heavy (non-hydrogen) atoms. The van der Waals surface area contributed by atoms with Crippen LogP contribution in [-0.4, -0.2) is 12.7 Å². The van der Waals surface area contributed by atoms with Crippen LogP contribution < -0.4 is 5.32 Å². The molecule has 0 aliphatic heterocycles. The number of nitrogens with one attached hydrogen (secondary N) is 1. The fourth-order valence-electron chi connectivity index (χ4n) is 0.757. The van der Waals surface area contributed by atoms with E-state index in [1.54, 1.807) is 18.2 Å². The summed E-state index contributed by atoms with van der Waals surface area (Å²) < 4.78 is 35.7. The molecule has 1 aromatic rings. The second-order valence-electron chi connectivity index (χ2n) is 2.25. The highest BCUT2D eigenvalue weighted by Gasteiger charge is 2.17. The Kier molecular flexibility index (Phi) is 2.96. The van der Waals surface area contributed by atoms with E-state index >= 15 is 0 Å². The third kappa shape index (κ3) is 2.45. The van der Waals surface area contributed by atoms with Crippen molar-refractivity contribution in [2.75, 3.05) is 5.32 Å². The van der Waals surface area contributed by atoms with E-state index in [4.69, 9.17) is 0 Å². The maximum atomic E-state index is 12.4. The van der Waals surface area contributed by atoms with Crippen molar-refractivity contribution in [3.8, 4) is 0 Å². The summed E-state index contributed by atoms with van der Waals surface area (Å²) in [5.74, 6) is 0. The van der Waals surface area contributed by atoms with E-state index in [0.717, 1.165) is 0 Å². The van der Waals surface area contributed by atoms with E-state index in [0.29, 0.717) is 5.69 Å². The predicted molar refractivity (Wildman–Crippen MR) is 41.0 cm³/mol. The minimum atomic E-state index is -3.00. The normalized spacial score (nSPS) is 13.0. The Bertz CT molecular complexity index is 225. The molecule has 1 unspecified atom stereocenters. The molecule has 66 valence electrons. The van der Waals surface area contributed by atoms with Crippen molar-refractivity contribution in [2.24, 2.45) is 0 Å². The van der Waals surface area contributed by atoms with Gasteiger partial charge in [0.25, 0.3) is 6.43 Å². The number of benzene rings is 1. The Hall–Kier alpha value is -1.19. The summed E-state index contributed by atoms with van der Waals surface area (Å²) in [6.07, 6.45) is -5.29. The van der Waals surface area contributed by atoms with Gasteiger partial charge in [0.05, 0.1) is 0 Å². The molecular formula is C8H8F3N. The lowest BCUT2D eigenvalue weighted by Crippen LogP contribution is -2.21. The van der Waals surface area contributed by atoms with Gasteiger partial charge in [-0.05, 0) is 12.1 Å². The van der Waals surface area contributed by atoms with Crippen molar-refractivity contribution >= 4 is 5.69 Å². The first kappa shape index (κ1) is 8.90. The van der Waals surface area contributed by atoms with Crippen LogP contribution in [-0.2, 0) is 0 Å². The largest absolute Gasteiger partial charge is 0.351 e. The highest BCUT2D eigenvalue weighted by atomic mass is 19.3. The lowest BCUT2D eigenvalue weighted by Gasteiger charge is -2.09. The molecule has 4 heteroatoms. The van der Waals surface area contributed by atoms with Crippen LogP contribution in [0.25, 0.3) is 0 Å². The molecule has 1 atom stereocenters. The third-order valence-electron chi connectivity index (χ3n) is 1.30. The van der Waals surface area contributed by atoms with Gasteiger partial charge < -0.3 is 5.32 Å². The molecule has 1 aromatic carbocycles. The maximum absolute atomic E-state index is 12.4. The van der Waals surface area contributed by atoms with Gasteiger partial charge in [-0.1, -0.05) is 18.2 Å². The zero-order chi connectivity index (χ0) is 8.97. The lowest BCUT2D eigenvalue weighted by molar-refractivity contribution is 0.0651.